The van der Waals surface area contributed by atoms with Crippen molar-refractivity contribution in [1.29, 1.82) is 0 Å². The Kier molecular flexibility index (Phi) is 3.46. The number of hydrogen-bond acceptors (Lipinski definition) is 3. The topological polar surface area (TPSA) is 75.6 Å². The zero-order valence-electron chi connectivity index (χ0n) is 8.21. The Labute approximate surface area is 82.4 Å². The second-order valence-corrected chi connectivity index (χ2v) is 3.52. The van der Waals surface area contributed by atoms with Gasteiger partial charge in [0, 0.05) is 19.6 Å². The zero-order valence-corrected chi connectivity index (χ0v) is 8.21. The Hall–Kier alpha value is -1.10. The van der Waals surface area contributed by atoms with Crippen LogP contribution in [0, 0.1) is 5.41 Å². The van der Waals surface area contributed by atoms with Crippen LogP contribution in [0.3, 0.4) is 0 Å². The van der Waals surface area contributed by atoms with Crippen molar-refractivity contribution in [3.63, 3.8) is 0 Å². The molecule has 5 nitrogen and oxygen atoms in total. The number of carbonyl (C=O) groups excluding carboxylic acids is 1. The molecule has 5 heteroatoms. The summed E-state index contributed by atoms with van der Waals surface area (Å²) in [5.41, 5.74) is -0.912. The Morgan fingerprint density at radius 2 is 2.29 bits per heavy atom. The normalized spacial score (nSPS) is 26.1. The molecule has 0 aromatic carbocycles. The van der Waals surface area contributed by atoms with Crippen LogP contribution in [0.4, 0.5) is 0 Å². The van der Waals surface area contributed by atoms with Crippen LogP contribution in [0.15, 0.2) is 0 Å². The molecule has 0 bridgehead atoms. The first-order valence-electron chi connectivity index (χ1n) is 4.68. The molecular formula is C9H15NO4. The summed E-state index contributed by atoms with van der Waals surface area (Å²) in [5, 5.41) is 11.6. The first kappa shape index (κ1) is 11.0. The van der Waals surface area contributed by atoms with E-state index in [0.717, 1.165) is 0 Å². The number of carboxylic acids is 1. The second-order valence-electron chi connectivity index (χ2n) is 3.52. The maximum Gasteiger partial charge on any atom is 0.313 e. The Balaban J connectivity index is 2.52. The van der Waals surface area contributed by atoms with Crippen molar-refractivity contribution >= 4 is 11.9 Å². The minimum absolute atomic E-state index is 0.127. The minimum atomic E-state index is -0.912. The fourth-order valence-corrected chi connectivity index (χ4v) is 1.38. The lowest BCUT2D eigenvalue weighted by Crippen LogP contribution is -2.43. The zero-order chi connectivity index (χ0) is 10.6. The lowest BCUT2D eigenvalue weighted by Gasteiger charge is -2.21. The van der Waals surface area contributed by atoms with Gasteiger partial charge in [0.05, 0.1) is 6.61 Å². The molecule has 1 aliphatic rings. The molecule has 1 aliphatic heterocycles. The predicted molar refractivity (Wildman–Crippen MR) is 48.8 cm³/mol. The smallest absolute Gasteiger partial charge is 0.313 e. The lowest BCUT2D eigenvalue weighted by atomic mass is 9.87. The van der Waals surface area contributed by atoms with E-state index < -0.39 is 11.4 Å². The number of aliphatic carboxylic acids is 1. The van der Waals surface area contributed by atoms with Gasteiger partial charge in [-0.15, -0.1) is 0 Å². The van der Waals surface area contributed by atoms with Crippen LogP contribution < -0.4 is 5.32 Å². The summed E-state index contributed by atoms with van der Waals surface area (Å²) in [4.78, 5) is 22.0. The summed E-state index contributed by atoms with van der Waals surface area (Å²) in [6.45, 7) is 2.53. The van der Waals surface area contributed by atoms with Crippen LogP contribution >= 0.6 is 0 Å². The van der Waals surface area contributed by atoms with Gasteiger partial charge in [0.15, 0.2) is 0 Å². The maximum atomic E-state index is 11.0. The number of carbonyl (C=O) groups is 2. The summed E-state index contributed by atoms with van der Waals surface area (Å²) in [6, 6.07) is 0. The summed E-state index contributed by atoms with van der Waals surface area (Å²) >= 11 is 0. The highest BCUT2D eigenvalue weighted by Crippen LogP contribution is 2.27. The second kappa shape index (κ2) is 4.41. The molecule has 0 aliphatic carbocycles. The third-order valence-electron chi connectivity index (χ3n) is 2.50. The number of rotatable bonds is 4. The van der Waals surface area contributed by atoms with Gasteiger partial charge in [-0.1, -0.05) is 6.92 Å². The molecule has 1 heterocycles. The van der Waals surface area contributed by atoms with E-state index in [1.54, 1.807) is 6.92 Å². The molecule has 0 aromatic rings. The molecule has 1 unspecified atom stereocenters. The first-order chi connectivity index (χ1) is 6.60. The minimum Gasteiger partial charge on any atom is -0.481 e. The van der Waals surface area contributed by atoms with E-state index in [2.05, 4.69) is 5.32 Å². The monoisotopic (exact) mass is 201 g/mol. The molecule has 0 spiro atoms. The third kappa shape index (κ3) is 2.23. The van der Waals surface area contributed by atoms with Crippen molar-refractivity contribution in [2.45, 2.75) is 19.8 Å². The van der Waals surface area contributed by atoms with Gasteiger partial charge >= 0.3 is 5.97 Å². The molecular weight excluding hydrogens is 186 g/mol. The Bertz CT molecular complexity index is 233. The number of amides is 1. The van der Waals surface area contributed by atoms with E-state index >= 15 is 0 Å². The molecule has 1 saturated heterocycles. The van der Waals surface area contributed by atoms with Crippen LogP contribution in [-0.2, 0) is 14.3 Å². The summed E-state index contributed by atoms with van der Waals surface area (Å²) in [5.74, 6) is -1.02. The first-order valence-corrected chi connectivity index (χ1v) is 4.68. The van der Waals surface area contributed by atoms with Gasteiger partial charge in [-0.3, -0.25) is 9.59 Å². The van der Waals surface area contributed by atoms with E-state index in [-0.39, 0.29) is 19.1 Å². The number of hydrogen-bond donors (Lipinski definition) is 2. The van der Waals surface area contributed by atoms with E-state index in [1.807, 2.05) is 0 Å². The van der Waals surface area contributed by atoms with Gasteiger partial charge in [-0.25, -0.2) is 0 Å². The van der Waals surface area contributed by atoms with E-state index in [9.17, 15) is 9.59 Å². The largest absolute Gasteiger partial charge is 0.481 e. The lowest BCUT2D eigenvalue weighted by molar-refractivity contribution is -0.148. The van der Waals surface area contributed by atoms with Crippen LogP contribution in [0.1, 0.15) is 19.8 Å². The Morgan fingerprint density at radius 1 is 1.57 bits per heavy atom. The van der Waals surface area contributed by atoms with Crippen molar-refractivity contribution in [3.8, 4) is 0 Å². The van der Waals surface area contributed by atoms with Gasteiger partial charge in [0.25, 0.3) is 0 Å². The number of ether oxygens (including phenoxy) is 1. The van der Waals surface area contributed by atoms with Crippen molar-refractivity contribution in [1.82, 2.24) is 5.32 Å². The SMILES string of the molecule is CCC(=O)NCC1(C(=O)O)CCOC1. The molecule has 1 rings (SSSR count). The standard InChI is InChI=1S/C9H15NO4/c1-2-7(11)10-5-9(8(12)13)3-4-14-6-9/h2-6H2,1H3,(H,10,11)(H,12,13). The van der Waals surface area contributed by atoms with E-state index in [0.29, 0.717) is 19.4 Å². The molecule has 1 atom stereocenters. The molecule has 2 N–H and O–H groups in total. The summed E-state index contributed by atoms with van der Waals surface area (Å²) < 4.78 is 5.06. The molecule has 14 heavy (non-hydrogen) atoms. The van der Waals surface area contributed by atoms with E-state index in [4.69, 9.17) is 9.84 Å². The highest BCUT2D eigenvalue weighted by atomic mass is 16.5. The van der Waals surface area contributed by atoms with Crippen LogP contribution in [0.25, 0.3) is 0 Å². The van der Waals surface area contributed by atoms with Crippen LogP contribution in [0.2, 0.25) is 0 Å². The van der Waals surface area contributed by atoms with Crippen LogP contribution in [-0.4, -0.2) is 36.7 Å². The highest BCUT2D eigenvalue weighted by molar-refractivity contribution is 5.79. The van der Waals surface area contributed by atoms with E-state index in [1.165, 1.54) is 0 Å². The molecule has 0 radical (unpaired) electrons. The molecule has 0 aromatic heterocycles. The van der Waals surface area contributed by atoms with Crippen molar-refractivity contribution in [2.75, 3.05) is 19.8 Å². The van der Waals surface area contributed by atoms with Gasteiger partial charge in [0.1, 0.15) is 5.41 Å². The molecule has 80 valence electrons. The van der Waals surface area contributed by atoms with Gasteiger partial charge in [-0.05, 0) is 6.42 Å². The quantitative estimate of drug-likeness (QED) is 0.671. The molecule has 1 fully saturated rings. The summed E-state index contributed by atoms with van der Waals surface area (Å²) in [6.07, 6.45) is 0.836. The van der Waals surface area contributed by atoms with Crippen molar-refractivity contribution in [2.24, 2.45) is 5.41 Å². The third-order valence-corrected chi connectivity index (χ3v) is 2.50. The van der Waals surface area contributed by atoms with Crippen molar-refractivity contribution < 1.29 is 19.4 Å². The highest BCUT2D eigenvalue weighted by Gasteiger charge is 2.42. The van der Waals surface area contributed by atoms with Crippen LogP contribution in [0.5, 0.6) is 0 Å². The number of carboxylic acid groups (broad SMARTS) is 1. The summed E-state index contributed by atoms with van der Waals surface area (Å²) in [7, 11) is 0. The fraction of sp³-hybridized carbons (Fsp3) is 0.778. The maximum absolute atomic E-state index is 11.0. The molecule has 1 amide bonds. The fourth-order valence-electron chi connectivity index (χ4n) is 1.38. The Morgan fingerprint density at radius 3 is 2.71 bits per heavy atom. The van der Waals surface area contributed by atoms with Crippen molar-refractivity contribution in [3.05, 3.63) is 0 Å². The van der Waals surface area contributed by atoms with Gasteiger partial charge < -0.3 is 15.2 Å². The number of nitrogens with one attached hydrogen (secondary N) is 1. The average molecular weight is 201 g/mol. The van der Waals surface area contributed by atoms with Gasteiger partial charge in [-0.2, -0.15) is 0 Å². The average Bonchev–Trinajstić information content (AvgIpc) is 2.64. The predicted octanol–water partition coefficient (Wildman–Crippen LogP) is 0.00390. The molecule has 0 saturated carbocycles. The van der Waals surface area contributed by atoms with Gasteiger partial charge in [0.2, 0.25) is 5.91 Å².